The zero-order valence-electron chi connectivity index (χ0n) is 13.8. The molecule has 1 aromatic rings. The number of rotatable bonds is 5. The molecule has 1 saturated carbocycles. The third-order valence-electron chi connectivity index (χ3n) is 3.88. The van der Waals surface area contributed by atoms with Crippen LogP contribution in [0.25, 0.3) is 0 Å². The van der Waals surface area contributed by atoms with E-state index in [-0.39, 0.29) is 24.0 Å². The molecule has 7 heteroatoms. The van der Waals surface area contributed by atoms with Gasteiger partial charge in [-0.1, -0.05) is 19.0 Å². The van der Waals surface area contributed by atoms with Crippen molar-refractivity contribution in [1.29, 1.82) is 0 Å². The molecule has 0 saturated heterocycles. The lowest BCUT2D eigenvalue weighted by Crippen LogP contribution is -2.42. The molecule has 0 amide bonds. The highest BCUT2D eigenvalue weighted by molar-refractivity contribution is 14.0. The molecular formula is C15H27IN4OS. The monoisotopic (exact) mass is 438 g/mol. The third kappa shape index (κ3) is 5.64. The first-order chi connectivity index (χ1) is 10.1. The molecule has 1 fully saturated rings. The van der Waals surface area contributed by atoms with Gasteiger partial charge < -0.3 is 15.2 Å². The first-order valence-electron chi connectivity index (χ1n) is 7.57. The Morgan fingerprint density at radius 2 is 2.27 bits per heavy atom. The molecule has 22 heavy (non-hydrogen) atoms. The first-order valence-corrected chi connectivity index (χ1v) is 8.86. The number of hydrogen-bond donors (Lipinski definition) is 2. The fourth-order valence-electron chi connectivity index (χ4n) is 2.53. The standard InChI is InChI=1S/C15H26N4OS.HI/c1-10(2)14-8-12(20-19-14)9-17-15(16-3)18-11-5-6-13(7-11)21-4;/h8,10-11,13H,5-7,9H2,1-4H3,(H2,16,17,18);1H. The van der Waals surface area contributed by atoms with Crippen LogP contribution in [0.5, 0.6) is 0 Å². The van der Waals surface area contributed by atoms with E-state index < -0.39 is 0 Å². The lowest BCUT2D eigenvalue weighted by Gasteiger charge is -2.16. The number of guanidine groups is 1. The SMILES string of the molecule is CN=C(NCc1cc(C(C)C)no1)NC1CCC(SC)C1.I. The molecule has 0 aliphatic heterocycles. The molecule has 0 radical (unpaired) electrons. The molecule has 1 aromatic heterocycles. The van der Waals surface area contributed by atoms with Crippen LogP contribution < -0.4 is 10.6 Å². The summed E-state index contributed by atoms with van der Waals surface area (Å²) in [5, 5.41) is 11.6. The summed E-state index contributed by atoms with van der Waals surface area (Å²) in [4.78, 5) is 4.28. The molecule has 2 rings (SSSR count). The van der Waals surface area contributed by atoms with Crippen molar-refractivity contribution in [1.82, 2.24) is 15.8 Å². The van der Waals surface area contributed by atoms with Crippen molar-refractivity contribution in [2.45, 2.75) is 56.9 Å². The van der Waals surface area contributed by atoms with Gasteiger partial charge in [0.1, 0.15) is 0 Å². The summed E-state index contributed by atoms with van der Waals surface area (Å²) in [6, 6.07) is 2.53. The smallest absolute Gasteiger partial charge is 0.191 e. The van der Waals surface area contributed by atoms with Gasteiger partial charge >= 0.3 is 0 Å². The quantitative estimate of drug-likeness (QED) is 0.420. The number of aromatic nitrogens is 1. The van der Waals surface area contributed by atoms with Crippen molar-refractivity contribution in [3.8, 4) is 0 Å². The average molecular weight is 438 g/mol. The molecule has 1 heterocycles. The predicted octanol–water partition coefficient (Wildman–Crippen LogP) is 3.37. The summed E-state index contributed by atoms with van der Waals surface area (Å²) in [5.41, 5.74) is 0.994. The van der Waals surface area contributed by atoms with Gasteiger partial charge in [0.25, 0.3) is 0 Å². The maximum Gasteiger partial charge on any atom is 0.191 e. The van der Waals surface area contributed by atoms with Gasteiger partial charge in [-0.25, -0.2) is 0 Å². The van der Waals surface area contributed by atoms with Crippen molar-refractivity contribution in [3.05, 3.63) is 17.5 Å². The lowest BCUT2D eigenvalue weighted by molar-refractivity contribution is 0.371. The van der Waals surface area contributed by atoms with E-state index in [1.54, 1.807) is 7.05 Å². The lowest BCUT2D eigenvalue weighted by atomic mass is 10.1. The van der Waals surface area contributed by atoms with E-state index in [1.807, 2.05) is 17.8 Å². The molecule has 5 nitrogen and oxygen atoms in total. The van der Waals surface area contributed by atoms with E-state index in [1.165, 1.54) is 19.3 Å². The van der Waals surface area contributed by atoms with Crippen molar-refractivity contribution in [2.75, 3.05) is 13.3 Å². The summed E-state index contributed by atoms with van der Waals surface area (Å²) < 4.78 is 5.33. The maximum absolute atomic E-state index is 5.33. The second kappa shape index (κ2) is 9.64. The van der Waals surface area contributed by atoms with Crippen LogP contribution in [-0.2, 0) is 6.54 Å². The molecule has 0 bridgehead atoms. The number of aliphatic imine (C=N–C) groups is 1. The Morgan fingerprint density at radius 1 is 1.50 bits per heavy atom. The Balaban J connectivity index is 0.00000242. The van der Waals surface area contributed by atoms with Gasteiger partial charge in [-0.2, -0.15) is 11.8 Å². The second-order valence-electron chi connectivity index (χ2n) is 5.81. The number of nitrogens with one attached hydrogen (secondary N) is 2. The molecule has 2 unspecified atom stereocenters. The number of thioether (sulfide) groups is 1. The van der Waals surface area contributed by atoms with Crippen LogP contribution in [0.4, 0.5) is 0 Å². The third-order valence-corrected chi connectivity index (χ3v) is 4.98. The first kappa shape index (κ1) is 19.6. The van der Waals surface area contributed by atoms with E-state index in [4.69, 9.17) is 4.52 Å². The van der Waals surface area contributed by atoms with Crippen LogP contribution >= 0.6 is 35.7 Å². The Bertz CT molecular complexity index is 478. The van der Waals surface area contributed by atoms with Gasteiger partial charge in [-0.05, 0) is 31.4 Å². The molecule has 2 atom stereocenters. The zero-order valence-corrected chi connectivity index (χ0v) is 16.9. The minimum Gasteiger partial charge on any atom is -0.359 e. The average Bonchev–Trinajstić information content (AvgIpc) is 3.12. The Morgan fingerprint density at radius 3 is 2.82 bits per heavy atom. The molecular weight excluding hydrogens is 411 g/mol. The van der Waals surface area contributed by atoms with E-state index >= 15 is 0 Å². The van der Waals surface area contributed by atoms with Crippen molar-refractivity contribution < 1.29 is 4.52 Å². The summed E-state index contributed by atoms with van der Waals surface area (Å²) in [7, 11) is 1.80. The number of nitrogens with zero attached hydrogens (tertiary/aromatic N) is 2. The fourth-order valence-corrected chi connectivity index (χ4v) is 3.33. The summed E-state index contributed by atoms with van der Waals surface area (Å²) in [6.07, 6.45) is 5.90. The molecule has 126 valence electrons. The highest BCUT2D eigenvalue weighted by Gasteiger charge is 2.24. The van der Waals surface area contributed by atoms with Crippen LogP contribution in [0.2, 0.25) is 0 Å². The zero-order chi connectivity index (χ0) is 15.2. The topological polar surface area (TPSA) is 62.5 Å². The molecule has 0 aromatic carbocycles. The number of halogens is 1. The van der Waals surface area contributed by atoms with Crippen LogP contribution in [-0.4, -0.2) is 35.7 Å². The van der Waals surface area contributed by atoms with Gasteiger partial charge in [-0.3, -0.25) is 4.99 Å². The van der Waals surface area contributed by atoms with E-state index in [0.29, 0.717) is 18.5 Å². The van der Waals surface area contributed by atoms with Crippen molar-refractivity contribution in [2.24, 2.45) is 4.99 Å². The van der Waals surface area contributed by atoms with Gasteiger partial charge in [0.2, 0.25) is 0 Å². The number of hydrogen-bond acceptors (Lipinski definition) is 4. The fraction of sp³-hybridized carbons (Fsp3) is 0.733. The minimum atomic E-state index is 0. The second-order valence-corrected chi connectivity index (χ2v) is 6.95. The van der Waals surface area contributed by atoms with Gasteiger partial charge in [0.05, 0.1) is 12.2 Å². The summed E-state index contributed by atoms with van der Waals surface area (Å²) in [6.45, 7) is 4.83. The van der Waals surface area contributed by atoms with Crippen LogP contribution in [0.3, 0.4) is 0 Å². The van der Waals surface area contributed by atoms with Crippen molar-refractivity contribution >= 4 is 41.7 Å². The maximum atomic E-state index is 5.33. The normalized spacial score (nSPS) is 21.8. The van der Waals surface area contributed by atoms with Crippen LogP contribution in [0, 0.1) is 0 Å². The van der Waals surface area contributed by atoms with Crippen LogP contribution in [0.15, 0.2) is 15.6 Å². The summed E-state index contributed by atoms with van der Waals surface area (Å²) in [5.74, 6) is 2.07. The Hall–Kier alpha value is -0.440. The molecule has 2 N–H and O–H groups in total. The van der Waals surface area contributed by atoms with Gasteiger partial charge in [-0.15, -0.1) is 24.0 Å². The molecule has 0 spiro atoms. The molecule has 1 aliphatic carbocycles. The van der Waals surface area contributed by atoms with Crippen LogP contribution in [0.1, 0.15) is 50.5 Å². The highest BCUT2D eigenvalue weighted by Crippen LogP contribution is 2.28. The van der Waals surface area contributed by atoms with E-state index in [2.05, 4.69) is 40.9 Å². The Kier molecular flexibility index (Phi) is 8.59. The van der Waals surface area contributed by atoms with E-state index in [9.17, 15) is 0 Å². The van der Waals surface area contributed by atoms with Crippen molar-refractivity contribution in [3.63, 3.8) is 0 Å². The highest BCUT2D eigenvalue weighted by atomic mass is 127. The summed E-state index contributed by atoms with van der Waals surface area (Å²) >= 11 is 1.96. The van der Waals surface area contributed by atoms with Gasteiger partial charge in [0.15, 0.2) is 11.7 Å². The minimum absolute atomic E-state index is 0. The largest absolute Gasteiger partial charge is 0.359 e. The molecule has 1 aliphatic rings. The Labute approximate surface area is 154 Å². The predicted molar refractivity (Wildman–Crippen MR) is 104 cm³/mol. The van der Waals surface area contributed by atoms with Gasteiger partial charge in [0, 0.05) is 24.4 Å². The van der Waals surface area contributed by atoms with E-state index in [0.717, 1.165) is 22.7 Å².